The fourth-order valence-corrected chi connectivity index (χ4v) is 4.16. The number of anilines is 1. The maximum Gasteiger partial charge on any atom is 0.255 e. The number of aromatic nitrogens is 1. The summed E-state index contributed by atoms with van der Waals surface area (Å²) in [5.74, 6) is -0.0521. The zero-order chi connectivity index (χ0) is 15.1. The molecule has 1 amide bonds. The van der Waals surface area contributed by atoms with E-state index in [0.29, 0.717) is 5.56 Å². The van der Waals surface area contributed by atoms with Gasteiger partial charge in [-0.1, -0.05) is 12.1 Å². The molecule has 4 rings (SSSR count). The average Bonchev–Trinajstić information content (AvgIpc) is 3.21. The zero-order valence-corrected chi connectivity index (χ0v) is 13.4. The lowest BCUT2D eigenvalue weighted by Crippen LogP contribution is -2.44. The Kier molecular flexibility index (Phi) is 3.20. The summed E-state index contributed by atoms with van der Waals surface area (Å²) >= 11 is 3.26. The van der Waals surface area contributed by atoms with E-state index in [1.807, 2.05) is 42.1 Å². The van der Waals surface area contributed by atoms with Crippen LogP contribution in [0.5, 0.6) is 0 Å². The van der Waals surface area contributed by atoms with Crippen molar-refractivity contribution in [2.45, 2.75) is 6.17 Å². The largest absolute Gasteiger partial charge is 0.349 e. The van der Waals surface area contributed by atoms with Crippen molar-refractivity contribution in [3.63, 3.8) is 0 Å². The van der Waals surface area contributed by atoms with Gasteiger partial charge in [0.2, 0.25) is 0 Å². The molecule has 0 aliphatic carbocycles. The molecule has 4 nitrogen and oxygen atoms in total. The van der Waals surface area contributed by atoms with Crippen molar-refractivity contribution in [2.75, 3.05) is 11.9 Å². The van der Waals surface area contributed by atoms with Crippen LogP contribution in [0.2, 0.25) is 0 Å². The van der Waals surface area contributed by atoms with E-state index in [4.69, 9.17) is 4.98 Å². The third kappa shape index (κ3) is 2.12. The van der Waals surface area contributed by atoms with Gasteiger partial charge >= 0.3 is 0 Å². The summed E-state index contributed by atoms with van der Waals surface area (Å²) in [7, 11) is 1.98. The number of para-hydroxylation sites is 1. The summed E-state index contributed by atoms with van der Waals surface area (Å²) in [6, 6.07) is 9.70. The molecule has 110 valence electrons. The van der Waals surface area contributed by atoms with Gasteiger partial charge in [-0.25, -0.2) is 4.98 Å². The van der Waals surface area contributed by atoms with E-state index in [1.54, 1.807) is 22.7 Å². The van der Waals surface area contributed by atoms with Gasteiger partial charge in [0, 0.05) is 23.4 Å². The van der Waals surface area contributed by atoms with Gasteiger partial charge in [-0.15, -0.1) is 11.3 Å². The highest BCUT2D eigenvalue weighted by atomic mass is 32.1. The topological polar surface area (TPSA) is 45.2 Å². The van der Waals surface area contributed by atoms with Gasteiger partial charge in [0.15, 0.2) is 0 Å². The van der Waals surface area contributed by atoms with Crippen LogP contribution in [0.25, 0.3) is 10.6 Å². The number of thiophene rings is 1. The predicted molar refractivity (Wildman–Crippen MR) is 90.5 cm³/mol. The Bertz CT molecular complexity index is 826. The first-order chi connectivity index (χ1) is 10.7. The van der Waals surface area contributed by atoms with Gasteiger partial charge in [-0.2, -0.15) is 11.3 Å². The number of thiazole rings is 1. The number of benzene rings is 1. The summed E-state index contributed by atoms with van der Waals surface area (Å²) in [5, 5.41) is 10.2. The Morgan fingerprint density at radius 2 is 2.09 bits per heavy atom. The normalized spacial score (nSPS) is 17.2. The number of hydrogen-bond donors (Lipinski definition) is 1. The minimum Gasteiger partial charge on any atom is -0.349 e. The summed E-state index contributed by atoms with van der Waals surface area (Å²) < 4.78 is 0. The molecule has 1 aliphatic rings. The number of nitrogens with zero attached hydrogens (tertiary/aromatic N) is 2. The maximum atomic E-state index is 12.3. The van der Waals surface area contributed by atoms with Crippen molar-refractivity contribution >= 4 is 34.3 Å². The van der Waals surface area contributed by atoms with E-state index >= 15 is 0 Å². The number of amides is 1. The highest BCUT2D eigenvalue weighted by molar-refractivity contribution is 7.14. The third-order valence-electron chi connectivity index (χ3n) is 3.75. The average molecular weight is 327 g/mol. The molecule has 22 heavy (non-hydrogen) atoms. The molecule has 0 fully saturated rings. The molecule has 6 heteroatoms. The Morgan fingerprint density at radius 1 is 1.23 bits per heavy atom. The number of nitrogens with one attached hydrogen (secondary N) is 1. The van der Waals surface area contributed by atoms with Crippen molar-refractivity contribution in [1.82, 2.24) is 10.3 Å². The van der Waals surface area contributed by atoms with Crippen LogP contribution in [0.3, 0.4) is 0 Å². The molecule has 0 radical (unpaired) electrons. The second kappa shape index (κ2) is 5.23. The summed E-state index contributed by atoms with van der Waals surface area (Å²) in [6.45, 7) is 0. The Morgan fingerprint density at radius 3 is 2.91 bits per heavy atom. The number of rotatable bonds is 2. The molecule has 1 aromatic carbocycles. The minimum atomic E-state index is -0.231. The minimum absolute atomic E-state index is 0.0521. The molecule has 1 atom stereocenters. The molecule has 1 aliphatic heterocycles. The summed E-state index contributed by atoms with van der Waals surface area (Å²) in [5.41, 5.74) is 3.64. The molecular weight excluding hydrogens is 314 g/mol. The lowest BCUT2D eigenvalue weighted by Gasteiger charge is -2.35. The van der Waals surface area contributed by atoms with E-state index in [9.17, 15) is 4.79 Å². The number of fused-ring (bicyclic) bond motifs is 1. The van der Waals surface area contributed by atoms with Crippen LogP contribution in [0.4, 0.5) is 5.69 Å². The molecule has 1 unspecified atom stereocenters. The lowest BCUT2D eigenvalue weighted by atomic mass is 10.1. The predicted octanol–water partition coefficient (Wildman–Crippen LogP) is 3.75. The van der Waals surface area contributed by atoms with Crippen LogP contribution in [-0.2, 0) is 0 Å². The third-order valence-corrected chi connectivity index (χ3v) is 5.35. The van der Waals surface area contributed by atoms with E-state index in [2.05, 4.69) is 21.7 Å². The van der Waals surface area contributed by atoms with Gasteiger partial charge in [0.25, 0.3) is 5.91 Å². The molecule has 3 aromatic rings. The van der Waals surface area contributed by atoms with Crippen LogP contribution in [0.15, 0.2) is 46.5 Å². The first kappa shape index (κ1) is 13.5. The number of carbonyl (C=O) groups excluding carboxylic acids is 1. The molecular formula is C16H13N3OS2. The van der Waals surface area contributed by atoms with Gasteiger partial charge in [-0.3, -0.25) is 4.79 Å². The van der Waals surface area contributed by atoms with E-state index in [1.165, 1.54) is 0 Å². The first-order valence-corrected chi connectivity index (χ1v) is 8.67. The molecule has 0 saturated heterocycles. The molecule has 0 bridgehead atoms. The van der Waals surface area contributed by atoms with Crippen LogP contribution in [-0.4, -0.2) is 17.9 Å². The second-order valence-corrected chi connectivity index (χ2v) is 6.73. The van der Waals surface area contributed by atoms with Crippen LogP contribution >= 0.6 is 22.7 Å². The van der Waals surface area contributed by atoms with Crippen molar-refractivity contribution in [3.05, 3.63) is 57.7 Å². The molecule has 1 N–H and O–H groups in total. The van der Waals surface area contributed by atoms with Crippen LogP contribution < -0.4 is 10.2 Å². The SMILES string of the molecule is CN1c2ccccc2C(=O)NC1c1csc(-c2ccsc2)n1. The molecule has 0 saturated carbocycles. The lowest BCUT2D eigenvalue weighted by molar-refractivity contribution is 0.0927. The summed E-state index contributed by atoms with van der Waals surface area (Å²) in [4.78, 5) is 19.1. The fraction of sp³-hybridized carbons (Fsp3) is 0.125. The first-order valence-electron chi connectivity index (χ1n) is 6.85. The quantitative estimate of drug-likeness (QED) is 0.780. The van der Waals surface area contributed by atoms with Gasteiger partial charge in [0.05, 0.1) is 16.9 Å². The molecule has 2 aromatic heterocycles. The highest BCUT2D eigenvalue weighted by Crippen LogP contribution is 2.34. The van der Waals surface area contributed by atoms with E-state index in [-0.39, 0.29) is 12.1 Å². The molecule has 0 spiro atoms. The van der Waals surface area contributed by atoms with Gasteiger partial charge in [-0.05, 0) is 23.6 Å². The maximum absolute atomic E-state index is 12.3. The zero-order valence-electron chi connectivity index (χ0n) is 11.8. The van der Waals surface area contributed by atoms with Crippen molar-refractivity contribution in [2.24, 2.45) is 0 Å². The van der Waals surface area contributed by atoms with Crippen LogP contribution in [0, 0.1) is 0 Å². The monoisotopic (exact) mass is 327 g/mol. The number of carbonyl (C=O) groups is 1. The number of hydrogen-bond acceptors (Lipinski definition) is 5. The van der Waals surface area contributed by atoms with Crippen LogP contribution in [0.1, 0.15) is 22.2 Å². The Balaban J connectivity index is 1.71. The standard InChI is InChI=1S/C16H13N3OS2/c1-19-13-5-3-2-4-11(13)15(20)18-14(19)12-9-22-16(17-12)10-6-7-21-8-10/h2-9,14H,1H3,(H,18,20). The smallest absolute Gasteiger partial charge is 0.255 e. The van der Waals surface area contributed by atoms with Gasteiger partial charge < -0.3 is 10.2 Å². The summed E-state index contributed by atoms with van der Waals surface area (Å²) in [6.07, 6.45) is -0.231. The molecule has 3 heterocycles. The fourth-order valence-electron chi connectivity index (χ4n) is 2.61. The highest BCUT2D eigenvalue weighted by Gasteiger charge is 2.30. The van der Waals surface area contributed by atoms with E-state index < -0.39 is 0 Å². The Labute approximate surface area is 136 Å². The van der Waals surface area contributed by atoms with Crippen molar-refractivity contribution in [3.8, 4) is 10.6 Å². The van der Waals surface area contributed by atoms with Gasteiger partial charge in [0.1, 0.15) is 11.2 Å². The van der Waals surface area contributed by atoms with Crippen molar-refractivity contribution in [1.29, 1.82) is 0 Å². The Hall–Kier alpha value is -2.18. The second-order valence-electron chi connectivity index (χ2n) is 5.09. The van der Waals surface area contributed by atoms with Crippen molar-refractivity contribution < 1.29 is 4.79 Å². The van der Waals surface area contributed by atoms with E-state index in [0.717, 1.165) is 22.0 Å².